The summed E-state index contributed by atoms with van der Waals surface area (Å²) in [6.07, 6.45) is 3.06. The lowest BCUT2D eigenvalue weighted by atomic mass is 10.0. The highest BCUT2D eigenvalue weighted by atomic mass is 35.5. The quantitative estimate of drug-likeness (QED) is 0.870. The minimum atomic E-state index is -0.831. The van der Waals surface area contributed by atoms with Crippen LogP contribution in [0.2, 0.25) is 10.0 Å². The van der Waals surface area contributed by atoms with Gasteiger partial charge in [0.25, 0.3) is 0 Å². The van der Waals surface area contributed by atoms with Crippen LogP contribution in [-0.4, -0.2) is 23.0 Å². The van der Waals surface area contributed by atoms with E-state index < -0.39 is 11.9 Å². The van der Waals surface area contributed by atoms with Crippen LogP contribution in [0.1, 0.15) is 31.2 Å². The van der Waals surface area contributed by atoms with Crippen molar-refractivity contribution in [2.75, 3.05) is 0 Å². The van der Waals surface area contributed by atoms with E-state index in [0.717, 1.165) is 18.4 Å². The summed E-state index contributed by atoms with van der Waals surface area (Å²) in [5.74, 6) is -1.42. The Labute approximate surface area is 133 Å². The van der Waals surface area contributed by atoms with Gasteiger partial charge < -0.3 is 10.4 Å². The van der Waals surface area contributed by atoms with Crippen molar-refractivity contribution in [2.24, 2.45) is 5.92 Å². The minimum Gasteiger partial charge on any atom is -0.481 e. The molecule has 0 unspecified atom stereocenters. The van der Waals surface area contributed by atoms with E-state index in [0.29, 0.717) is 29.3 Å². The van der Waals surface area contributed by atoms with Crippen molar-refractivity contribution in [3.05, 3.63) is 33.8 Å². The number of carbonyl (C=O) groups excluding carboxylic acids is 1. The molecule has 2 atom stereocenters. The van der Waals surface area contributed by atoms with E-state index in [-0.39, 0.29) is 11.9 Å². The topological polar surface area (TPSA) is 66.4 Å². The van der Waals surface area contributed by atoms with Crippen LogP contribution >= 0.6 is 23.2 Å². The van der Waals surface area contributed by atoms with E-state index in [2.05, 4.69) is 5.32 Å². The molecule has 0 aromatic heterocycles. The third-order valence-electron chi connectivity index (χ3n) is 3.80. The van der Waals surface area contributed by atoms with E-state index in [1.165, 1.54) is 0 Å². The average molecular weight is 330 g/mol. The zero-order chi connectivity index (χ0) is 15.4. The second-order valence-corrected chi connectivity index (χ2v) is 6.11. The smallest absolute Gasteiger partial charge is 0.308 e. The Morgan fingerprint density at radius 3 is 2.67 bits per heavy atom. The summed E-state index contributed by atoms with van der Waals surface area (Å²) >= 11 is 11.8. The molecular weight excluding hydrogens is 313 g/mol. The number of benzene rings is 1. The van der Waals surface area contributed by atoms with Gasteiger partial charge in [-0.05, 0) is 37.0 Å². The molecule has 0 radical (unpaired) electrons. The molecule has 1 aromatic carbocycles. The van der Waals surface area contributed by atoms with Gasteiger partial charge in [0.1, 0.15) is 0 Å². The Balaban J connectivity index is 1.84. The molecule has 1 saturated carbocycles. The highest BCUT2D eigenvalue weighted by Gasteiger charge is 2.33. The van der Waals surface area contributed by atoms with Crippen molar-refractivity contribution in [2.45, 2.75) is 38.1 Å². The van der Waals surface area contributed by atoms with Crippen molar-refractivity contribution < 1.29 is 14.7 Å². The lowest BCUT2D eigenvalue weighted by Crippen LogP contribution is -2.40. The summed E-state index contributed by atoms with van der Waals surface area (Å²) in [5, 5.41) is 12.9. The standard InChI is InChI=1S/C15H17Cl2NO3/c16-11-6-4-9(8-12(11)17)5-7-14(19)18-13-3-1-2-10(13)15(20)21/h4,6,8,10,13H,1-3,5,7H2,(H,18,19)(H,20,21)/t10-,13+/m1/s1. The predicted molar refractivity (Wildman–Crippen MR) is 81.7 cm³/mol. The first-order chi connectivity index (χ1) is 9.97. The number of hydrogen-bond donors (Lipinski definition) is 2. The van der Waals surface area contributed by atoms with Gasteiger partial charge >= 0.3 is 5.97 Å². The van der Waals surface area contributed by atoms with Crippen LogP contribution in [0, 0.1) is 5.92 Å². The van der Waals surface area contributed by atoms with Crippen LogP contribution in [0.4, 0.5) is 0 Å². The molecule has 2 N–H and O–H groups in total. The van der Waals surface area contributed by atoms with Gasteiger partial charge in [0.2, 0.25) is 5.91 Å². The van der Waals surface area contributed by atoms with E-state index in [9.17, 15) is 9.59 Å². The number of hydrogen-bond acceptors (Lipinski definition) is 2. The van der Waals surface area contributed by atoms with Crippen molar-refractivity contribution >= 4 is 35.1 Å². The molecule has 0 spiro atoms. The third kappa shape index (κ3) is 4.35. The molecule has 1 aliphatic rings. The van der Waals surface area contributed by atoms with Crippen molar-refractivity contribution in [1.82, 2.24) is 5.32 Å². The monoisotopic (exact) mass is 329 g/mol. The molecule has 1 aliphatic carbocycles. The summed E-state index contributed by atoms with van der Waals surface area (Å²) in [6, 6.07) is 5.03. The zero-order valence-electron chi connectivity index (χ0n) is 11.4. The Bertz CT molecular complexity index is 548. The van der Waals surface area contributed by atoms with Gasteiger partial charge in [0.05, 0.1) is 16.0 Å². The van der Waals surface area contributed by atoms with Gasteiger partial charge in [-0.1, -0.05) is 35.7 Å². The maximum absolute atomic E-state index is 11.9. The SMILES string of the molecule is O=C(CCc1ccc(Cl)c(Cl)c1)N[C@H]1CCC[C@H]1C(=O)O. The normalized spacial score (nSPS) is 21.2. The summed E-state index contributed by atoms with van der Waals surface area (Å²) in [4.78, 5) is 23.0. The fourth-order valence-electron chi connectivity index (χ4n) is 2.66. The number of amides is 1. The lowest BCUT2D eigenvalue weighted by Gasteiger charge is -2.17. The van der Waals surface area contributed by atoms with Crippen molar-refractivity contribution in [3.8, 4) is 0 Å². The number of carbonyl (C=O) groups is 2. The van der Waals surface area contributed by atoms with Gasteiger partial charge in [0.15, 0.2) is 0 Å². The Morgan fingerprint density at radius 1 is 1.24 bits per heavy atom. The molecule has 1 aromatic rings. The highest BCUT2D eigenvalue weighted by Crippen LogP contribution is 2.26. The minimum absolute atomic E-state index is 0.126. The summed E-state index contributed by atoms with van der Waals surface area (Å²) in [5.41, 5.74) is 0.931. The summed E-state index contributed by atoms with van der Waals surface area (Å²) < 4.78 is 0. The maximum atomic E-state index is 11.9. The van der Waals surface area contributed by atoms with Gasteiger partial charge in [0, 0.05) is 12.5 Å². The van der Waals surface area contributed by atoms with E-state index in [1.807, 2.05) is 6.07 Å². The maximum Gasteiger partial charge on any atom is 0.308 e. The number of rotatable bonds is 5. The first kappa shape index (κ1) is 16.1. The van der Waals surface area contributed by atoms with Crippen LogP contribution in [0.5, 0.6) is 0 Å². The fraction of sp³-hybridized carbons (Fsp3) is 0.467. The van der Waals surface area contributed by atoms with E-state index >= 15 is 0 Å². The first-order valence-corrected chi connectivity index (χ1v) is 7.69. The van der Waals surface area contributed by atoms with Crippen LogP contribution in [0.15, 0.2) is 18.2 Å². The molecule has 2 rings (SSSR count). The molecule has 21 heavy (non-hydrogen) atoms. The second-order valence-electron chi connectivity index (χ2n) is 5.30. The lowest BCUT2D eigenvalue weighted by molar-refractivity contribution is -0.142. The number of aliphatic carboxylic acids is 1. The van der Waals surface area contributed by atoms with Gasteiger partial charge in [-0.25, -0.2) is 0 Å². The van der Waals surface area contributed by atoms with Crippen LogP contribution in [0.25, 0.3) is 0 Å². The molecule has 114 valence electrons. The molecule has 4 nitrogen and oxygen atoms in total. The number of nitrogens with one attached hydrogen (secondary N) is 1. The molecule has 0 saturated heterocycles. The molecule has 0 bridgehead atoms. The third-order valence-corrected chi connectivity index (χ3v) is 4.54. The molecule has 1 amide bonds. The number of carboxylic acid groups (broad SMARTS) is 1. The average Bonchev–Trinajstić information content (AvgIpc) is 2.88. The number of halogens is 2. The van der Waals surface area contributed by atoms with Gasteiger partial charge in [-0.2, -0.15) is 0 Å². The van der Waals surface area contributed by atoms with E-state index in [1.54, 1.807) is 12.1 Å². The highest BCUT2D eigenvalue weighted by molar-refractivity contribution is 6.42. The Hall–Kier alpha value is -1.26. The zero-order valence-corrected chi connectivity index (χ0v) is 13.0. The van der Waals surface area contributed by atoms with Gasteiger partial charge in [-0.3, -0.25) is 9.59 Å². The predicted octanol–water partition coefficient (Wildman–Crippen LogP) is 3.30. The van der Waals surface area contributed by atoms with Crippen LogP contribution < -0.4 is 5.32 Å². The summed E-state index contributed by atoms with van der Waals surface area (Å²) in [6.45, 7) is 0. The van der Waals surface area contributed by atoms with Crippen LogP contribution in [0.3, 0.4) is 0 Å². The molecule has 0 heterocycles. The fourth-order valence-corrected chi connectivity index (χ4v) is 2.98. The number of carboxylic acids is 1. The van der Waals surface area contributed by atoms with E-state index in [4.69, 9.17) is 28.3 Å². The number of aryl methyl sites for hydroxylation is 1. The largest absolute Gasteiger partial charge is 0.481 e. The van der Waals surface area contributed by atoms with Crippen molar-refractivity contribution in [1.29, 1.82) is 0 Å². The first-order valence-electron chi connectivity index (χ1n) is 6.93. The summed E-state index contributed by atoms with van der Waals surface area (Å²) in [7, 11) is 0. The Kier molecular flexibility index (Phi) is 5.48. The van der Waals surface area contributed by atoms with Crippen LogP contribution in [-0.2, 0) is 16.0 Å². The van der Waals surface area contributed by atoms with Gasteiger partial charge in [-0.15, -0.1) is 0 Å². The second kappa shape index (κ2) is 7.14. The molecule has 1 fully saturated rings. The molecular formula is C15H17Cl2NO3. The molecule has 0 aliphatic heterocycles. The Morgan fingerprint density at radius 2 is 2.00 bits per heavy atom. The molecule has 6 heteroatoms. The van der Waals surface area contributed by atoms with Crippen molar-refractivity contribution in [3.63, 3.8) is 0 Å².